The number of hydrogen-bond donors (Lipinski definition) is 1. The fourth-order valence-corrected chi connectivity index (χ4v) is 5.14. The fraction of sp³-hybridized carbons (Fsp3) is 0.143. The van der Waals surface area contributed by atoms with Crippen molar-refractivity contribution in [2.24, 2.45) is 0 Å². The summed E-state index contributed by atoms with van der Waals surface area (Å²) in [6, 6.07) is 29.1. The molecule has 5 aromatic rings. The Morgan fingerprint density at radius 3 is 2.31 bits per heavy atom. The maximum absolute atomic E-state index is 3.64. The van der Waals surface area contributed by atoms with Gasteiger partial charge in [-0.3, -0.25) is 0 Å². The van der Waals surface area contributed by atoms with Gasteiger partial charge in [-0.25, -0.2) is 0 Å². The molecule has 0 unspecified atom stereocenters. The molecule has 1 nitrogen and oxygen atoms in total. The standard InChI is InChI=1S/C28H23N/c1-17-7-6-9-23-22-14-12-19(16-26(22)29-27(17)23)18-11-13-21-20-8-4-5-10-24(20)28(2,3)25(21)15-18/h4-16,29H,1-3H3. The first-order valence-electron chi connectivity index (χ1n) is 10.3. The van der Waals surface area contributed by atoms with E-state index in [1.807, 2.05) is 0 Å². The van der Waals surface area contributed by atoms with Crippen LogP contribution in [0, 0.1) is 6.92 Å². The zero-order chi connectivity index (χ0) is 19.8. The van der Waals surface area contributed by atoms with E-state index in [1.165, 1.54) is 60.8 Å². The highest BCUT2D eigenvalue weighted by molar-refractivity contribution is 6.09. The molecule has 1 heterocycles. The first-order valence-corrected chi connectivity index (χ1v) is 10.3. The van der Waals surface area contributed by atoms with Gasteiger partial charge in [0.1, 0.15) is 0 Å². The van der Waals surface area contributed by atoms with Crippen LogP contribution in [0.3, 0.4) is 0 Å². The highest BCUT2D eigenvalue weighted by Crippen LogP contribution is 2.49. The van der Waals surface area contributed by atoms with Crippen LogP contribution in [0.15, 0.2) is 78.9 Å². The number of H-pyrrole nitrogens is 1. The number of nitrogens with one attached hydrogen (secondary N) is 1. The molecule has 4 aromatic carbocycles. The molecule has 29 heavy (non-hydrogen) atoms. The van der Waals surface area contributed by atoms with Gasteiger partial charge in [0.25, 0.3) is 0 Å². The van der Waals surface area contributed by atoms with Crippen LogP contribution in [-0.2, 0) is 5.41 Å². The lowest BCUT2D eigenvalue weighted by Crippen LogP contribution is -2.14. The number of para-hydroxylation sites is 1. The van der Waals surface area contributed by atoms with E-state index in [0.29, 0.717) is 0 Å². The van der Waals surface area contributed by atoms with Crippen molar-refractivity contribution in [2.45, 2.75) is 26.2 Å². The van der Waals surface area contributed by atoms with Gasteiger partial charge in [-0.1, -0.05) is 80.6 Å². The lowest BCUT2D eigenvalue weighted by atomic mass is 9.81. The minimum Gasteiger partial charge on any atom is -0.354 e. The molecule has 1 aromatic heterocycles. The largest absolute Gasteiger partial charge is 0.354 e. The van der Waals surface area contributed by atoms with Crippen molar-refractivity contribution in [1.82, 2.24) is 4.98 Å². The molecule has 0 spiro atoms. The Balaban J connectivity index is 1.53. The van der Waals surface area contributed by atoms with Gasteiger partial charge in [0.15, 0.2) is 0 Å². The maximum atomic E-state index is 3.64. The van der Waals surface area contributed by atoms with Crippen LogP contribution in [0.1, 0.15) is 30.5 Å². The summed E-state index contributed by atoms with van der Waals surface area (Å²) in [5.41, 5.74) is 11.9. The predicted octanol–water partition coefficient (Wildman–Crippen LogP) is 7.60. The molecule has 140 valence electrons. The van der Waals surface area contributed by atoms with Crippen LogP contribution in [-0.4, -0.2) is 4.98 Å². The summed E-state index contributed by atoms with van der Waals surface area (Å²) in [5.74, 6) is 0. The summed E-state index contributed by atoms with van der Waals surface area (Å²) in [5, 5.41) is 2.60. The molecular weight excluding hydrogens is 350 g/mol. The summed E-state index contributed by atoms with van der Waals surface area (Å²) < 4.78 is 0. The summed E-state index contributed by atoms with van der Waals surface area (Å²) in [6.45, 7) is 6.84. The number of aryl methyl sites for hydroxylation is 1. The second-order valence-electron chi connectivity index (χ2n) is 8.81. The average molecular weight is 373 g/mol. The lowest BCUT2D eigenvalue weighted by Gasteiger charge is -2.22. The zero-order valence-electron chi connectivity index (χ0n) is 17.0. The van der Waals surface area contributed by atoms with E-state index in [4.69, 9.17) is 0 Å². The summed E-state index contributed by atoms with van der Waals surface area (Å²) in [7, 11) is 0. The van der Waals surface area contributed by atoms with Crippen LogP contribution < -0.4 is 0 Å². The molecule has 6 rings (SSSR count). The molecule has 0 saturated carbocycles. The van der Waals surface area contributed by atoms with Crippen LogP contribution >= 0.6 is 0 Å². The van der Waals surface area contributed by atoms with Crippen LogP contribution in [0.4, 0.5) is 0 Å². The number of hydrogen-bond acceptors (Lipinski definition) is 0. The average Bonchev–Trinajstić information content (AvgIpc) is 3.22. The topological polar surface area (TPSA) is 15.8 Å². The van der Waals surface area contributed by atoms with Gasteiger partial charge in [-0.2, -0.15) is 0 Å². The predicted molar refractivity (Wildman–Crippen MR) is 124 cm³/mol. The quantitative estimate of drug-likeness (QED) is 0.311. The molecule has 0 atom stereocenters. The third-order valence-corrected chi connectivity index (χ3v) is 6.76. The summed E-state index contributed by atoms with van der Waals surface area (Å²) in [6.07, 6.45) is 0. The smallest absolute Gasteiger partial charge is 0.0494 e. The Bertz CT molecular complexity index is 1430. The van der Waals surface area contributed by atoms with Crippen LogP contribution in [0.2, 0.25) is 0 Å². The molecule has 1 N–H and O–H groups in total. The summed E-state index contributed by atoms with van der Waals surface area (Å²) >= 11 is 0. The van der Waals surface area contributed by atoms with E-state index in [1.54, 1.807) is 0 Å². The molecule has 0 fully saturated rings. The highest BCUT2D eigenvalue weighted by Gasteiger charge is 2.35. The van der Waals surface area contributed by atoms with E-state index in [9.17, 15) is 0 Å². The van der Waals surface area contributed by atoms with E-state index in [2.05, 4.69) is 105 Å². The lowest BCUT2D eigenvalue weighted by molar-refractivity contribution is 0.660. The number of aromatic amines is 1. The monoisotopic (exact) mass is 373 g/mol. The molecule has 0 saturated heterocycles. The number of benzene rings is 4. The SMILES string of the molecule is Cc1cccc2c1[nH]c1cc(-c3ccc4c(c3)C(C)(C)c3ccccc3-4)ccc12. The van der Waals surface area contributed by atoms with Crippen molar-refractivity contribution in [1.29, 1.82) is 0 Å². The van der Waals surface area contributed by atoms with Gasteiger partial charge in [0.2, 0.25) is 0 Å². The molecule has 0 bridgehead atoms. The molecule has 1 heteroatoms. The second kappa shape index (κ2) is 5.61. The number of fused-ring (bicyclic) bond motifs is 6. The Morgan fingerprint density at radius 2 is 1.41 bits per heavy atom. The summed E-state index contributed by atoms with van der Waals surface area (Å²) in [4.78, 5) is 3.64. The van der Waals surface area contributed by atoms with Crippen molar-refractivity contribution < 1.29 is 0 Å². The van der Waals surface area contributed by atoms with E-state index < -0.39 is 0 Å². The normalized spacial score (nSPS) is 14.3. The highest BCUT2D eigenvalue weighted by atomic mass is 14.7. The minimum absolute atomic E-state index is 0.0320. The molecular formula is C28H23N. The molecule has 1 aliphatic rings. The van der Waals surface area contributed by atoms with Crippen molar-refractivity contribution >= 4 is 21.8 Å². The van der Waals surface area contributed by atoms with Crippen molar-refractivity contribution in [3.05, 3.63) is 95.6 Å². The van der Waals surface area contributed by atoms with E-state index in [-0.39, 0.29) is 5.41 Å². The van der Waals surface area contributed by atoms with Gasteiger partial charge in [-0.05, 0) is 58.0 Å². The fourth-order valence-electron chi connectivity index (χ4n) is 5.14. The van der Waals surface area contributed by atoms with Crippen LogP contribution in [0.5, 0.6) is 0 Å². The Morgan fingerprint density at radius 1 is 0.655 bits per heavy atom. The number of rotatable bonds is 1. The van der Waals surface area contributed by atoms with Gasteiger partial charge in [-0.15, -0.1) is 0 Å². The van der Waals surface area contributed by atoms with Crippen molar-refractivity contribution in [3.63, 3.8) is 0 Å². The van der Waals surface area contributed by atoms with Crippen molar-refractivity contribution in [3.8, 4) is 22.3 Å². The third kappa shape index (κ3) is 2.22. The first kappa shape index (κ1) is 16.6. The molecule has 0 aliphatic heterocycles. The van der Waals surface area contributed by atoms with E-state index in [0.717, 1.165) is 0 Å². The molecule has 0 radical (unpaired) electrons. The van der Waals surface area contributed by atoms with Gasteiger partial charge >= 0.3 is 0 Å². The Labute approximate surface area is 171 Å². The van der Waals surface area contributed by atoms with Gasteiger partial charge < -0.3 is 4.98 Å². The second-order valence-corrected chi connectivity index (χ2v) is 8.81. The Kier molecular flexibility index (Phi) is 3.21. The maximum Gasteiger partial charge on any atom is 0.0494 e. The first-order chi connectivity index (χ1) is 14.0. The molecule has 0 amide bonds. The Hall–Kier alpha value is -3.32. The van der Waals surface area contributed by atoms with Crippen LogP contribution in [0.25, 0.3) is 44.1 Å². The van der Waals surface area contributed by atoms with Crippen molar-refractivity contribution in [2.75, 3.05) is 0 Å². The third-order valence-electron chi connectivity index (χ3n) is 6.76. The minimum atomic E-state index is 0.0320. The van der Waals surface area contributed by atoms with Gasteiger partial charge in [0.05, 0.1) is 0 Å². The molecule has 1 aliphatic carbocycles. The van der Waals surface area contributed by atoms with E-state index >= 15 is 0 Å². The van der Waals surface area contributed by atoms with Gasteiger partial charge in [0, 0.05) is 27.2 Å². The zero-order valence-corrected chi connectivity index (χ0v) is 17.0. The number of aromatic nitrogens is 1.